The first-order valence-electron chi connectivity index (χ1n) is 9.38. The summed E-state index contributed by atoms with van der Waals surface area (Å²) in [5.41, 5.74) is -1.03. The van der Waals surface area contributed by atoms with Gasteiger partial charge >= 0.3 is 13.8 Å². The van der Waals surface area contributed by atoms with E-state index in [4.69, 9.17) is 24.7 Å². The lowest BCUT2D eigenvalue weighted by molar-refractivity contribution is -0.155. The molecule has 1 saturated heterocycles. The van der Waals surface area contributed by atoms with Crippen molar-refractivity contribution in [2.24, 2.45) is 5.92 Å². The van der Waals surface area contributed by atoms with E-state index in [9.17, 15) is 19.6 Å². The van der Waals surface area contributed by atoms with Crippen molar-refractivity contribution >= 4 is 19.3 Å². The molecule has 0 aromatic carbocycles. The predicted octanol–water partition coefficient (Wildman–Crippen LogP) is -0.783. The van der Waals surface area contributed by atoms with Crippen molar-refractivity contribution in [3.05, 3.63) is 29.6 Å². The van der Waals surface area contributed by atoms with Crippen LogP contribution in [0.25, 0.3) is 5.52 Å². The second-order valence-corrected chi connectivity index (χ2v) is 8.94. The number of hydrogen-bond donors (Lipinski definition) is 5. The minimum absolute atomic E-state index is 0.159. The summed E-state index contributed by atoms with van der Waals surface area (Å²) in [4.78, 5) is 29.4. The van der Waals surface area contributed by atoms with Gasteiger partial charge in [0.2, 0.25) is 0 Å². The lowest BCUT2D eigenvalue weighted by Crippen LogP contribution is -2.40. The fourth-order valence-corrected chi connectivity index (χ4v) is 3.60. The second kappa shape index (κ2) is 8.43. The maximum Gasteiger partial charge on any atom is 0.471 e. The maximum atomic E-state index is 11.7. The molecule has 1 fully saturated rings. The summed E-state index contributed by atoms with van der Waals surface area (Å²) in [7, 11) is -4.73. The molecule has 0 bridgehead atoms. The van der Waals surface area contributed by atoms with Crippen LogP contribution in [0.5, 0.6) is 0 Å². The third-order valence-electron chi connectivity index (χ3n) is 5.09. The summed E-state index contributed by atoms with van der Waals surface area (Å²) >= 11 is 0. The molecule has 13 nitrogen and oxygen atoms in total. The molecule has 4 atom stereocenters. The van der Waals surface area contributed by atoms with Gasteiger partial charge in [-0.25, -0.2) is 9.08 Å². The molecule has 0 spiro atoms. The van der Waals surface area contributed by atoms with Crippen LogP contribution in [-0.4, -0.2) is 65.1 Å². The molecule has 3 rings (SSSR count). The Morgan fingerprint density at radius 1 is 1.39 bits per heavy atom. The van der Waals surface area contributed by atoms with Crippen molar-refractivity contribution in [2.75, 3.05) is 6.61 Å². The average molecular weight is 460 g/mol. The van der Waals surface area contributed by atoms with Gasteiger partial charge in [-0.15, -0.1) is 0 Å². The van der Waals surface area contributed by atoms with Gasteiger partial charge in [0.05, 0.1) is 11.6 Å². The van der Waals surface area contributed by atoms with E-state index in [1.54, 1.807) is 19.9 Å². The Morgan fingerprint density at radius 3 is 2.68 bits per heavy atom. The molecule has 0 saturated carbocycles. The highest BCUT2D eigenvalue weighted by molar-refractivity contribution is 7.46. The first-order valence-corrected chi connectivity index (χ1v) is 10.9. The van der Waals surface area contributed by atoms with Crippen LogP contribution in [0.4, 0.5) is 0 Å². The van der Waals surface area contributed by atoms with Crippen LogP contribution in [0.15, 0.2) is 18.5 Å². The molecule has 0 unspecified atom stereocenters. The molecule has 0 amide bonds. The van der Waals surface area contributed by atoms with Gasteiger partial charge in [0.1, 0.15) is 49.1 Å². The van der Waals surface area contributed by atoms with E-state index in [1.165, 1.54) is 17.5 Å². The second-order valence-electron chi connectivity index (χ2n) is 7.70. The van der Waals surface area contributed by atoms with E-state index in [0.717, 1.165) is 10.9 Å². The highest BCUT2D eigenvalue weighted by Crippen LogP contribution is 2.40. The van der Waals surface area contributed by atoms with Crippen LogP contribution in [0, 0.1) is 11.3 Å². The van der Waals surface area contributed by atoms with Crippen molar-refractivity contribution in [3.8, 4) is 0 Å². The third kappa shape index (κ3) is 4.58. The van der Waals surface area contributed by atoms with Crippen LogP contribution >= 0.6 is 7.82 Å². The monoisotopic (exact) mass is 460 g/mol. The third-order valence-corrected chi connectivity index (χ3v) is 5.54. The highest BCUT2D eigenvalue weighted by Gasteiger charge is 2.54. The Morgan fingerprint density at radius 2 is 2.06 bits per heavy atom. The molecule has 2 aromatic heterocycles. The Labute approximate surface area is 176 Å². The molecule has 31 heavy (non-hydrogen) atoms. The lowest BCUT2D eigenvalue weighted by atomic mass is 9.93. The van der Waals surface area contributed by atoms with Crippen LogP contribution in [-0.2, 0) is 35.7 Å². The Hall–Kier alpha value is -2.12. The van der Waals surface area contributed by atoms with Crippen molar-refractivity contribution in [2.45, 2.75) is 51.4 Å². The van der Waals surface area contributed by atoms with Crippen LogP contribution < -0.4 is 5.49 Å². The van der Waals surface area contributed by atoms with Crippen LogP contribution in [0.3, 0.4) is 0 Å². The molecular weight excluding hydrogens is 435 g/mol. The largest absolute Gasteiger partial charge is 0.471 e. The average Bonchev–Trinajstić information content (AvgIpc) is 3.21. The number of carbonyl (C=O) groups is 1. The SMILES string of the molecule is CC(C)C(=O)OC[C@H]1O[C@@](C)(c2ccc3c(=N)n(COP(=O)(O)O)cnn23)[C@H](O)[C@@H]1O. The number of fused-ring (bicyclic) bond motifs is 1. The minimum Gasteiger partial charge on any atom is -0.463 e. The highest BCUT2D eigenvalue weighted by atomic mass is 31.2. The molecular formula is C17H25N4O9P. The smallest absolute Gasteiger partial charge is 0.463 e. The van der Waals surface area contributed by atoms with E-state index < -0.39 is 44.4 Å². The van der Waals surface area contributed by atoms with E-state index in [1.807, 2.05) is 0 Å². The van der Waals surface area contributed by atoms with Gasteiger partial charge in [-0.05, 0) is 19.1 Å². The lowest BCUT2D eigenvalue weighted by Gasteiger charge is -2.27. The van der Waals surface area contributed by atoms with Gasteiger partial charge in [0, 0.05) is 0 Å². The number of hydrogen-bond acceptors (Lipinski definition) is 9. The number of nitrogens with one attached hydrogen (secondary N) is 1. The standard InChI is InChI=1S/C17H25N4O9P/c1-9(2)16(24)28-6-11-13(22)14(23)17(3,30-11)12-5-4-10-15(18)20(7-19-21(10)12)8-29-31(25,26)27/h4-5,7,9,11,13-14,18,22-23H,6,8H2,1-3H3,(H2,25,26,27)/t11-,13-,14-,17+/m1/s1. The van der Waals surface area contributed by atoms with Gasteiger partial charge < -0.3 is 29.5 Å². The molecule has 3 heterocycles. The number of aliphatic hydroxyl groups is 2. The number of rotatable bonds is 7. The molecule has 0 radical (unpaired) electrons. The van der Waals surface area contributed by atoms with Gasteiger partial charge in [0.15, 0.2) is 5.49 Å². The summed E-state index contributed by atoms with van der Waals surface area (Å²) in [6.45, 7) is 4.04. The van der Waals surface area contributed by atoms with Crippen LogP contribution in [0.1, 0.15) is 26.5 Å². The van der Waals surface area contributed by atoms with Crippen molar-refractivity contribution in [3.63, 3.8) is 0 Å². The summed E-state index contributed by atoms with van der Waals surface area (Å²) in [5.74, 6) is -0.819. The normalized spacial score (nSPS) is 26.6. The Balaban J connectivity index is 1.88. The van der Waals surface area contributed by atoms with E-state index >= 15 is 0 Å². The van der Waals surface area contributed by atoms with E-state index in [2.05, 4.69) is 9.62 Å². The van der Waals surface area contributed by atoms with Gasteiger partial charge in [-0.1, -0.05) is 13.8 Å². The van der Waals surface area contributed by atoms with Crippen molar-refractivity contribution in [1.29, 1.82) is 5.41 Å². The minimum atomic E-state index is -4.73. The van der Waals surface area contributed by atoms with Gasteiger partial charge in [-0.2, -0.15) is 5.10 Å². The van der Waals surface area contributed by atoms with E-state index in [-0.39, 0.29) is 23.5 Å². The molecule has 5 N–H and O–H groups in total. The predicted molar refractivity (Wildman–Crippen MR) is 102 cm³/mol. The zero-order valence-corrected chi connectivity index (χ0v) is 18.0. The first-order chi connectivity index (χ1) is 14.3. The fourth-order valence-electron chi connectivity index (χ4n) is 3.32. The summed E-state index contributed by atoms with van der Waals surface area (Å²) in [6, 6.07) is 3.06. The summed E-state index contributed by atoms with van der Waals surface area (Å²) in [6.07, 6.45) is -2.56. The molecule has 2 aromatic rings. The molecule has 0 aliphatic carbocycles. The van der Waals surface area contributed by atoms with Crippen molar-refractivity contribution in [1.82, 2.24) is 14.2 Å². The number of carbonyl (C=O) groups excluding carboxylic acids is 1. The topological polar surface area (TPSA) is 189 Å². The number of ether oxygens (including phenoxy) is 2. The maximum absolute atomic E-state index is 11.7. The molecule has 1 aliphatic heterocycles. The number of phosphoric acid groups is 1. The zero-order chi connectivity index (χ0) is 23.1. The molecule has 172 valence electrons. The molecule has 1 aliphatic rings. The number of nitrogens with zero attached hydrogens (tertiary/aromatic N) is 3. The van der Waals surface area contributed by atoms with Gasteiger partial charge in [-0.3, -0.25) is 19.3 Å². The summed E-state index contributed by atoms with van der Waals surface area (Å²) in [5, 5.41) is 33.5. The zero-order valence-electron chi connectivity index (χ0n) is 17.1. The Bertz CT molecular complexity index is 1080. The number of aromatic nitrogens is 3. The number of phosphoric ester groups is 1. The Kier molecular flexibility index (Phi) is 6.40. The van der Waals surface area contributed by atoms with E-state index in [0.29, 0.717) is 5.69 Å². The van der Waals surface area contributed by atoms with Gasteiger partial charge in [0.25, 0.3) is 0 Å². The summed E-state index contributed by atoms with van der Waals surface area (Å²) < 4.78 is 28.7. The first kappa shape index (κ1) is 23.5. The number of aliphatic hydroxyl groups excluding tert-OH is 2. The molecule has 14 heteroatoms. The quantitative estimate of drug-likeness (QED) is 0.259. The van der Waals surface area contributed by atoms with Crippen molar-refractivity contribution < 1.29 is 43.4 Å². The number of esters is 1. The fraction of sp³-hybridized carbons (Fsp3) is 0.588. The van der Waals surface area contributed by atoms with Crippen LogP contribution in [0.2, 0.25) is 0 Å².